The van der Waals surface area contributed by atoms with Crippen molar-refractivity contribution in [2.75, 3.05) is 0 Å². The Balaban J connectivity index is 1.79. The van der Waals surface area contributed by atoms with E-state index in [1.54, 1.807) is 0 Å². The molecule has 33 heavy (non-hydrogen) atoms. The Morgan fingerprint density at radius 2 is 1.67 bits per heavy atom. The summed E-state index contributed by atoms with van der Waals surface area (Å²) in [5.74, 6) is 1.96. The summed E-state index contributed by atoms with van der Waals surface area (Å²) < 4.78 is 13.6. The molecule has 0 unspecified atom stereocenters. The second-order valence-electron chi connectivity index (χ2n) is 10.6. The Hall–Kier alpha value is -2.52. The summed E-state index contributed by atoms with van der Waals surface area (Å²) in [6, 6.07) is 23.0. The lowest BCUT2D eigenvalue weighted by Crippen LogP contribution is -2.38. The van der Waals surface area contributed by atoms with E-state index < -0.39 is 8.32 Å². The van der Waals surface area contributed by atoms with Gasteiger partial charge in [0.1, 0.15) is 17.1 Å². The maximum Gasteiger partial charge on any atom is 0.249 e. The third kappa shape index (κ3) is 5.35. The van der Waals surface area contributed by atoms with Gasteiger partial charge in [0.2, 0.25) is 8.32 Å². The van der Waals surface area contributed by atoms with Crippen molar-refractivity contribution in [3.63, 3.8) is 0 Å². The lowest BCUT2D eigenvalue weighted by molar-refractivity contribution is 0.105. The Bertz CT molecular complexity index is 1120. The summed E-state index contributed by atoms with van der Waals surface area (Å²) in [4.78, 5) is 0. The van der Waals surface area contributed by atoms with E-state index in [-0.39, 0.29) is 5.60 Å². The van der Waals surface area contributed by atoms with E-state index in [2.05, 4.69) is 101 Å². The van der Waals surface area contributed by atoms with Gasteiger partial charge in [-0.3, -0.25) is 0 Å². The summed E-state index contributed by atoms with van der Waals surface area (Å²) in [6.45, 7) is 13.4. The van der Waals surface area contributed by atoms with Gasteiger partial charge in [-0.25, -0.2) is 0 Å². The predicted molar refractivity (Wildman–Crippen MR) is 142 cm³/mol. The molecule has 4 rings (SSSR count). The number of ether oxygens (including phenoxy) is 1. The molecule has 3 aromatic rings. The largest absolute Gasteiger partial charge is 0.543 e. The molecule has 0 aromatic heterocycles. The quantitative estimate of drug-likeness (QED) is 0.249. The van der Waals surface area contributed by atoms with Crippen LogP contribution in [-0.2, 0) is 18.1 Å². The van der Waals surface area contributed by atoms with Gasteiger partial charge in [-0.2, -0.15) is 0 Å². The molecule has 0 saturated heterocycles. The minimum atomic E-state index is -2.03. The topological polar surface area (TPSA) is 18.5 Å². The van der Waals surface area contributed by atoms with Crippen LogP contribution in [0.4, 0.5) is 0 Å². The van der Waals surface area contributed by atoms with E-state index in [0.717, 1.165) is 29.5 Å². The number of rotatable bonds is 8. The first kappa shape index (κ1) is 23.6. The van der Waals surface area contributed by atoms with Gasteiger partial charge in [-0.1, -0.05) is 73.9 Å². The maximum absolute atomic E-state index is 6.97. The van der Waals surface area contributed by atoms with Gasteiger partial charge in [0.25, 0.3) is 0 Å². The normalized spacial score (nSPS) is 14.2. The van der Waals surface area contributed by atoms with E-state index in [1.165, 1.54) is 47.1 Å². The molecule has 0 saturated carbocycles. The van der Waals surface area contributed by atoms with Crippen molar-refractivity contribution in [1.82, 2.24) is 0 Å². The molecule has 0 aliphatic carbocycles. The number of hydrogen-bond acceptors (Lipinski definition) is 2. The smallest absolute Gasteiger partial charge is 0.249 e. The number of hydrogen-bond donors (Lipinski definition) is 0. The van der Waals surface area contributed by atoms with Gasteiger partial charge in [0.05, 0.1) is 5.56 Å². The molecule has 1 aliphatic heterocycles. The Kier molecular flexibility index (Phi) is 6.72. The molecule has 0 atom stereocenters. The molecular formula is C30H38O2Si. The van der Waals surface area contributed by atoms with Crippen molar-refractivity contribution in [2.45, 2.75) is 78.1 Å². The van der Waals surface area contributed by atoms with Crippen LogP contribution in [0.2, 0.25) is 13.1 Å². The van der Waals surface area contributed by atoms with Crippen LogP contribution in [0.3, 0.4) is 0 Å². The Labute approximate surface area is 201 Å². The number of fused-ring (bicyclic) bond motifs is 3. The highest BCUT2D eigenvalue weighted by Gasteiger charge is 2.36. The van der Waals surface area contributed by atoms with Crippen LogP contribution in [-0.4, -0.2) is 8.32 Å². The van der Waals surface area contributed by atoms with Crippen LogP contribution in [0, 0.1) is 6.92 Å². The number of unbranched alkanes of at least 4 members (excludes halogenated alkanes) is 2. The standard InChI is InChI=1S/C30H38O2Si/c1-7-8-10-15-24-19-27-29(25-18-22(2)16-17-26(25)30(3,4)31-27)28(20-24)32-33(5,6)21-23-13-11-9-12-14-23/h9,11-14,16-20H,7-8,10,15,21H2,1-6H3. The van der Waals surface area contributed by atoms with Gasteiger partial charge in [-0.05, 0) is 75.5 Å². The fourth-order valence-electron chi connectivity index (χ4n) is 4.94. The molecule has 174 valence electrons. The Morgan fingerprint density at radius 1 is 0.909 bits per heavy atom. The van der Waals surface area contributed by atoms with Crippen molar-refractivity contribution in [3.8, 4) is 22.6 Å². The van der Waals surface area contributed by atoms with Crippen molar-refractivity contribution >= 4 is 8.32 Å². The summed E-state index contributed by atoms with van der Waals surface area (Å²) in [5, 5.41) is 0. The summed E-state index contributed by atoms with van der Waals surface area (Å²) in [6.07, 6.45) is 4.72. The van der Waals surface area contributed by atoms with E-state index in [0.29, 0.717) is 0 Å². The highest BCUT2D eigenvalue weighted by molar-refractivity contribution is 6.71. The summed E-state index contributed by atoms with van der Waals surface area (Å²) in [7, 11) is -2.03. The molecule has 3 aromatic carbocycles. The van der Waals surface area contributed by atoms with E-state index in [9.17, 15) is 0 Å². The van der Waals surface area contributed by atoms with Gasteiger partial charge in [0, 0.05) is 11.6 Å². The molecule has 2 nitrogen and oxygen atoms in total. The minimum absolute atomic E-state index is 0.369. The number of aryl methyl sites for hydroxylation is 2. The molecule has 0 fully saturated rings. The van der Waals surface area contributed by atoms with Crippen molar-refractivity contribution in [3.05, 3.63) is 82.9 Å². The highest BCUT2D eigenvalue weighted by Crippen LogP contribution is 2.50. The first-order chi connectivity index (χ1) is 15.7. The monoisotopic (exact) mass is 458 g/mol. The summed E-state index contributed by atoms with van der Waals surface area (Å²) in [5.41, 5.74) is 7.15. The van der Waals surface area contributed by atoms with Gasteiger partial charge in [0.15, 0.2) is 0 Å². The third-order valence-corrected chi connectivity index (χ3v) is 8.54. The molecule has 0 amide bonds. The molecule has 1 aliphatic rings. The van der Waals surface area contributed by atoms with Crippen LogP contribution in [0.5, 0.6) is 11.5 Å². The van der Waals surface area contributed by atoms with E-state index in [4.69, 9.17) is 9.16 Å². The fraction of sp³-hybridized carbons (Fsp3) is 0.400. The van der Waals surface area contributed by atoms with Crippen LogP contribution in [0.15, 0.2) is 60.7 Å². The van der Waals surface area contributed by atoms with Crippen molar-refractivity contribution in [1.29, 1.82) is 0 Å². The maximum atomic E-state index is 6.97. The minimum Gasteiger partial charge on any atom is -0.543 e. The zero-order valence-corrected chi connectivity index (χ0v) is 22.1. The number of benzene rings is 3. The van der Waals surface area contributed by atoms with Gasteiger partial charge in [-0.15, -0.1) is 0 Å². The van der Waals surface area contributed by atoms with Crippen LogP contribution >= 0.6 is 0 Å². The lowest BCUT2D eigenvalue weighted by Gasteiger charge is -2.37. The summed E-state index contributed by atoms with van der Waals surface area (Å²) >= 11 is 0. The molecule has 0 radical (unpaired) electrons. The molecule has 3 heteroatoms. The van der Waals surface area contributed by atoms with Crippen molar-refractivity contribution in [2.24, 2.45) is 0 Å². The van der Waals surface area contributed by atoms with Crippen LogP contribution in [0.1, 0.15) is 62.3 Å². The van der Waals surface area contributed by atoms with Crippen LogP contribution < -0.4 is 9.16 Å². The average molecular weight is 459 g/mol. The zero-order chi connectivity index (χ0) is 23.6. The highest BCUT2D eigenvalue weighted by atomic mass is 28.4. The van der Waals surface area contributed by atoms with E-state index in [1.807, 2.05) is 0 Å². The van der Waals surface area contributed by atoms with Gasteiger partial charge >= 0.3 is 0 Å². The van der Waals surface area contributed by atoms with Gasteiger partial charge < -0.3 is 9.16 Å². The molecule has 0 bridgehead atoms. The molecule has 1 heterocycles. The van der Waals surface area contributed by atoms with E-state index >= 15 is 0 Å². The Morgan fingerprint density at radius 3 is 2.39 bits per heavy atom. The average Bonchev–Trinajstić information content (AvgIpc) is 2.73. The lowest BCUT2D eigenvalue weighted by atomic mass is 9.84. The van der Waals surface area contributed by atoms with Crippen molar-refractivity contribution < 1.29 is 9.16 Å². The van der Waals surface area contributed by atoms with Crippen LogP contribution in [0.25, 0.3) is 11.1 Å². The second-order valence-corrected chi connectivity index (χ2v) is 14.7. The molecule has 0 N–H and O–H groups in total. The molecular weight excluding hydrogens is 420 g/mol. The first-order valence-corrected chi connectivity index (χ1v) is 15.5. The zero-order valence-electron chi connectivity index (χ0n) is 21.1. The SMILES string of the molecule is CCCCCc1cc2c(c(O[Si](C)(C)Cc3ccccc3)c1)-c1cc(C)ccc1C(C)(C)O2. The first-order valence-electron chi connectivity index (χ1n) is 12.4. The fourth-order valence-corrected chi connectivity index (χ4v) is 6.98. The predicted octanol–water partition coefficient (Wildman–Crippen LogP) is 8.39. The molecule has 0 spiro atoms. The second kappa shape index (κ2) is 9.38. The third-order valence-electron chi connectivity index (χ3n) is 6.51.